The first-order valence-corrected chi connectivity index (χ1v) is 17.8. The van der Waals surface area contributed by atoms with Gasteiger partial charge in [-0.2, -0.15) is 0 Å². The van der Waals surface area contributed by atoms with Crippen molar-refractivity contribution in [3.63, 3.8) is 0 Å². The van der Waals surface area contributed by atoms with Gasteiger partial charge >= 0.3 is 229 Å². The van der Waals surface area contributed by atoms with Gasteiger partial charge in [-0.25, -0.2) is 0 Å². The second kappa shape index (κ2) is 7.97. The maximum atomic E-state index is 2.79. The Morgan fingerprint density at radius 3 is 2.11 bits per heavy atom. The zero-order valence-electron chi connectivity index (χ0n) is 21.7. The first-order valence-electron chi connectivity index (χ1n) is 13.6. The third-order valence-corrected chi connectivity index (χ3v) is 21.4. The number of hydrogen-bond donors (Lipinski definition) is 0. The summed E-state index contributed by atoms with van der Waals surface area (Å²) >= 11 is -3.30. The van der Waals surface area contributed by atoms with E-state index in [2.05, 4.69) is 143 Å². The molecule has 0 N–H and O–H groups in total. The summed E-state index contributed by atoms with van der Waals surface area (Å²) in [5, 5.41) is 5.35. The minimum atomic E-state index is -3.30. The van der Waals surface area contributed by atoms with Crippen LogP contribution in [0.2, 0.25) is 0 Å². The quantitative estimate of drug-likeness (QED) is 0.158. The summed E-state index contributed by atoms with van der Waals surface area (Å²) in [4.78, 5) is 0. The molecule has 2 aromatic heterocycles. The van der Waals surface area contributed by atoms with Crippen molar-refractivity contribution in [3.05, 3.63) is 129 Å². The predicted octanol–water partition coefficient (Wildman–Crippen LogP) is 4.36. The zero-order valence-corrected chi connectivity index (χ0v) is 23.9. The van der Waals surface area contributed by atoms with E-state index >= 15 is 0 Å². The van der Waals surface area contributed by atoms with Crippen LogP contribution in [-0.2, 0) is 3.55 Å². The van der Waals surface area contributed by atoms with Crippen LogP contribution in [0.1, 0.15) is 26.7 Å². The molecule has 3 heteroatoms. The Kier molecular flexibility index (Phi) is 4.70. The number of fused-ring (bicyclic) bond motifs is 13. The number of halogens is 1. The SMILES string of the molecule is CCC1(CC)[n+]2ccc3ccccc3c2-c2ccccc2[I-]12c1ccc3ccccc3c1-c1cccc[n+]12. The number of benzene rings is 4. The molecule has 2 aliphatic rings. The Balaban J connectivity index is 1.64. The van der Waals surface area contributed by atoms with Gasteiger partial charge in [0.15, 0.2) is 0 Å². The zero-order chi connectivity index (χ0) is 25.5. The van der Waals surface area contributed by atoms with Crippen LogP contribution in [0.4, 0.5) is 0 Å². The van der Waals surface area contributed by atoms with Crippen LogP contribution in [0.15, 0.2) is 122 Å². The number of hydrogen-bond acceptors (Lipinski definition) is 0. The average Bonchev–Trinajstić information content (AvgIpc) is 3.29. The topological polar surface area (TPSA) is 7.76 Å². The minimum absolute atomic E-state index is 0.0331. The molecule has 0 amide bonds. The number of alkyl halides is 1. The van der Waals surface area contributed by atoms with Crippen LogP contribution >= 0.6 is 0 Å². The fourth-order valence-electron chi connectivity index (χ4n) is 7.25. The van der Waals surface area contributed by atoms with Gasteiger partial charge in [-0.15, -0.1) is 0 Å². The molecule has 0 fully saturated rings. The van der Waals surface area contributed by atoms with Crippen molar-refractivity contribution >= 4 is 21.5 Å². The Hall–Kier alpha value is -3.57. The molecule has 1 spiro atoms. The molecule has 38 heavy (non-hydrogen) atoms. The summed E-state index contributed by atoms with van der Waals surface area (Å²) in [6.07, 6.45) is 6.98. The molecule has 2 nitrogen and oxygen atoms in total. The molecule has 1 atom stereocenters. The third-order valence-electron chi connectivity index (χ3n) is 8.82. The molecular weight excluding hydrogens is 575 g/mol. The monoisotopic (exact) mass is 605 g/mol. The van der Waals surface area contributed by atoms with Gasteiger partial charge in [-0.3, -0.25) is 0 Å². The molecule has 0 saturated heterocycles. The van der Waals surface area contributed by atoms with Crippen molar-refractivity contribution in [2.45, 2.75) is 30.2 Å². The van der Waals surface area contributed by atoms with Crippen molar-refractivity contribution in [2.75, 3.05) is 0 Å². The fourth-order valence-corrected chi connectivity index (χ4v) is 21.4. The van der Waals surface area contributed by atoms with Gasteiger partial charge in [-0.05, 0) is 0 Å². The third kappa shape index (κ3) is 2.49. The molecule has 0 aliphatic carbocycles. The standard InChI is InChI=1S/C35H30IN2/c1-3-35(4-2)36(30-18-10-9-17-29(30)34-28-16-8-6-14-26(28)22-24-37(34)35)31-21-20-25-13-5-7-15-27(25)33(31)32-19-11-12-23-38(32)36/h5-24H,3-4H2,1-2H3/q+1. The molecule has 1 unspecified atom stereocenters. The van der Waals surface area contributed by atoms with Gasteiger partial charge in [0.05, 0.1) is 0 Å². The van der Waals surface area contributed by atoms with E-state index in [9.17, 15) is 0 Å². The summed E-state index contributed by atoms with van der Waals surface area (Å²) < 4.78 is 8.65. The maximum absolute atomic E-state index is 3.30. The van der Waals surface area contributed by atoms with E-state index in [4.69, 9.17) is 0 Å². The van der Waals surface area contributed by atoms with Crippen LogP contribution in [0, 0.1) is 7.14 Å². The van der Waals surface area contributed by atoms with Crippen molar-refractivity contribution < 1.29 is 26.1 Å². The first kappa shape index (κ1) is 22.4. The van der Waals surface area contributed by atoms with Crippen LogP contribution in [0.3, 0.4) is 0 Å². The Labute approximate surface area is 228 Å². The molecule has 0 radical (unpaired) electrons. The molecule has 4 heterocycles. The fraction of sp³-hybridized carbons (Fsp3) is 0.143. The summed E-state index contributed by atoms with van der Waals surface area (Å²) in [6.45, 7) is 4.85. The number of rotatable bonds is 2. The van der Waals surface area contributed by atoms with E-state index < -0.39 is 18.7 Å². The molecule has 4 aromatic carbocycles. The van der Waals surface area contributed by atoms with Gasteiger partial charge in [0.2, 0.25) is 0 Å². The summed E-state index contributed by atoms with van der Waals surface area (Å²) in [5.41, 5.74) is 5.61. The average molecular weight is 606 g/mol. The molecule has 2 aliphatic heterocycles. The second-order valence-electron chi connectivity index (χ2n) is 10.3. The number of nitrogens with zero attached hydrogens (tertiary/aromatic N) is 2. The van der Waals surface area contributed by atoms with Gasteiger partial charge < -0.3 is 0 Å². The van der Waals surface area contributed by atoms with E-state index in [0.717, 1.165) is 12.8 Å². The van der Waals surface area contributed by atoms with Crippen molar-refractivity contribution in [3.8, 4) is 22.5 Å². The Bertz CT molecular complexity index is 1920. The number of pyridine rings is 2. The van der Waals surface area contributed by atoms with E-state index in [1.54, 1.807) is 7.14 Å². The van der Waals surface area contributed by atoms with Crippen LogP contribution in [0.5, 0.6) is 0 Å². The molecular formula is C35H30IN2+. The first-order chi connectivity index (χ1) is 18.8. The molecule has 186 valence electrons. The Morgan fingerprint density at radius 1 is 0.605 bits per heavy atom. The van der Waals surface area contributed by atoms with Gasteiger partial charge in [0.25, 0.3) is 0 Å². The van der Waals surface area contributed by atoms with Crippen molar-refractivity contribution in [2.24, 2.45) is 0 Å². The van der Waals surface area contributed by atoms with Gasteiger partial charge in [0, 0.05) is 0 Å². The second-order valence-corrected chi connectivity index (χ2v) is 18.7. The summed E-state index contributed by atoms with van der Waals surface area (Å²) in [7, 11) is 0. The normalized spacial score (nSPS) is 19.9. The molecule has 8 rings (SSSR count). The van der Waals surface area contributed by atoms with Crippen molar-refractivity contribution in [1.29, 1.82) is 0 Å². The Morgan fingerprint density at radius 2 is 1.29 bits per heavy atom. The van der Waals surface area contributed by atoms with E-state index in [0.29, 0.717) is 0 Å². The van der Waals surface area contributed by atoms with Crippen molar-refractivity contribution in [1.82, 2.24) is 0 Å². The van der Waals surface area contributed by atoms with E-state index in [1.165, 1.54) is 44.1 Å². The number of aromatic nitrogens is 2. The van der Waals surface area contributed by atoms with Crippen LogP contribution < -0.4 is 26.1 Å². The van der Waals surface area contributed by atoms with Crippen LogP contribution in [0.25, 0.3) is 44.1 Å². The molecule has 6 aromatic rings. The predicted molar refractivity (Wildman–Crippen MR) is 151 cm³/mol. The van der Waals surface area contributed by atoms with Gasteiger partial charge in [-0.1, -0.05) is 0 Å². The van der Waals surface area contributed by atoms with E-state index in [-0.39, 0.29) is 3.55 Å². The van der Waals surface area contributed by atoms with Gasteiger partial charge in [0.1, 0.15) is 0 Å². The van der Waals surface area contributed by atoms with Crippen LogP contribution in [-0.4, -0.2) is 0 Å². The molecule has 0 bridgehead atoms. The summed E-state index contributed by atoms with van der Waals surface area (Å²) in [5.74, 6) is 0. The van der Waals surface area contributed by atoms with E-state index in [1.807, 2.05) is 0 Å². The molecule has 0 saturated carbocycles. The summed E-state index contributed by atoms with van der Waals surface area (Å²) in [6, 6.07) is 41.3.